The Labute approximate surface area is 172 Å². The van der Waals surface area contributed by atoms with Crippen molar-refractivity contribution >= 4 is 5.97 Å². The zero-order valence-electron chi connectivity index (χ0n) is 17.4. The van der Waals surface area contributed by atoms with Crippen LogP contribution in [0.5, 0.6) is 5.75 Å². The summed E-state index contributed by atoms with van der Waals surface area (Å²) in [6, 6.07) is 14.4. The van der Waals surface area contributed by atoms with Gasteiger partial charge in [-0.25, -0.2) is 4.79 Å². The van der Waals surface area contributed by atoms with Gasteiger partial charge in [-0.2, -0.15) is 0 Å². The highest BCUT2D eigenvalue weighted by atomic mass is 16.5. The molecule has 4 rings (SSSR count). The van der Waals surface area contributed by atoms with Crippen molar-refractivity contribution in [3.63, 3.8) is 0 Å². The van der Waals surface area contributed by atoms with Crippen molar-refractivity contribution in [2.24, 2.45) is 5.41 Å². The lowest BCUT2D eigenvalue weighted by atomic mass is 9.71. The smallest absolute Gasteiger partial charge is 0.337 e. The first kappa shape index (κ1) is 19.9. The van der Waals surface area contributed by atoms with Crippen LogP contribution < -0.4 is 10.1 Å². The van der Waals surface area contributed by atoms with E-state index in [1.807, 2.05) is 25.3 Å². The number of hydrogen-bond acceptors (Lipinski definition) is 5. The largest absolute Gasteiger partial charge is 0.497 e. The number of carbonyl (C=O) groups is 1. The van der Waals surface area contributed by atoms with Gasteiger partial charge in [0.1, 0.15) is 5.75 Å². The van der Waals surface area contributed by atoms with E-state index in [1.54, 1.807) is 13.2 Å². The number of ether oxygens (including phenoxy) is 3. The summed E-state index contributed by atoms with van der Waals surface area (Å²) in [7, 11) is 4.94. The minimum Gasteiger partial charge on any atom is -0.497 e. The van der Waals surface area contributed by atoms with Crippen LogP contribution in [0.4, 0.5) is 0 Å². The average molecular weight is 395 g/mol. The predicted molar refractivity (Wildman–Crippen MR) is 111 cm³/mol. The summed E-state index contributed by atoms with van der Waals surface area (Å²) in [5.41, 5.74) is 4.48. The molecule has 0 amide bonds. The van der Waals surface area contributed by atoms with Crippen molar-refractivity contribution in [2.45, 2.75) is 37.8 Å². The molecule has 1 N–H and O–H groups in total. The van der Waals surface area contributed by atoms with Crippen LogP contribution in [0.1, 0.15) is 46.0 Å². The van der Waals surface area contributed by atoms with Crippen molar-refractivity contribution in [3.8, 4) is 5.75 Å². The molecule has 2 aliphatic rings. The Morgan fingerprint density at radius 2 is 2.03 bits per heavy atom. The van der Waals surface area contributed by atoms with Gasteiger partial charge >= 0.3 is 5.97 Å². The van der Waals surface area contributed by atoms with E-state index >= 15 is 0 Å². The number of hydrogen-bond donors (Lipinski definition) is 1. The van der Waals surface area contributed by atoms with Gasteiger partial charge in [0.05, 0.1) is 25.9 Å². The van der Waals surface area contributed by atoms with Crippen molar-refractivity contribution in [2.75, 3.05) is 27.9 Å². The number of esters is 1. The fourth-order valence-electron chi connectivity index (χ4n) is 5.24. The summed E-state index contributed by atoms with van der Waals surface area (Å²) >= 11 is 0. The van der Waals surface area contributed by atoms with Crippen LogP contribution in [0.2, 0.25) is 0 Å². The number of nitrogens with one attached hydrogen (secondary N) is 1. The number of methoxy groups -OCH3 is 3. The van der Waals surface area contributed by atoms with Crippen LogP contribution in [0.3, 0.4) is 0 Å². The van der Waals surface area contributed by atoms with Crippen LogP contribution in [0.25, 0.3) is 0 Å². The number of benzene rings is 2. The van der Waals surface area contributed by atoms with Crippen LogP contribution in [0.15, 0.2) is 42.5 Å². The van der Waals surface area contributed by atoms with Gasteiger partial charge < -0.3 is 19.5 Å². The minimum atomic E-state index is -0.292. The molecule has 5 nitrogen and oxygen atoms in total. The van der Waals surface area contributed by atoms with Gasteiger partial charge in [-0.05, 0) is 73.2 Å². The summed E-state index contributed by atoms with van der Waals surface area (Å²) in [6.07, 6.45) is 4.11. The standard InChI is InChI=1S/C24H29NO4/c1-27-20-8-7-18-14-24(22(28-2)21(18)13-20)9-10-25-19(15-24)12-16-5-4-6-17(11-16)23(26)29-3/h4-8,11,13,19,22,25H,9-10,12,14-15H2,1-3H3. The lowest BCUT2D eigenvalue weighted by Crippen LogP contribution is -2.47. The molecule has 2 aromatic rings. The Hall–Kier alpha value is -2.37. The van der Waals surface area contributed by atoms with E-state index < -0.39 is 0 Å². The fourth-order valence-corrected chi connectivity index (χ4v) is 5.24. The maximum Gasteiger partial charge on any atom is 0.337 e. The molecule has 1 fully saturated rings. The lowest BCUT2D eigenvalue weighted by molar-refractivity contribution is -0.0290. The molecule has 154 valence electrons. The number of carbonyl (C=O) groups excluding carboxylic acids is 1. The monoisotopic (exact) mass is 395 g/mol. The van der Waals surface area contributed by atoms with Gasteiger partial charge in [-0.15, -0.1) is 0 Å². The highest BCUT2D eigenvalue weighted by Crippen LogP contribution is 2.54. The first-order valence-corrected chi connectivity index (χ1v) is 10.2. The Balaban J connectivity index is 1.54. The zero-order chi connectivity index (χ0) is 20.4. The number of piperidine rings is 1. The molecule has 1 aliphatic heterocycles. The number of rotatable bonds is 5. The molecular formula is C24H29NO4. The summed E-state index contributed by atoms with van der Waals surface area (Å²) in [5.74, 6) is 0.590. The molecule has 29 heavy (non-hydrogen) atoms. The molecule has 2 aromatic carbocycles. The van der Waals surface area contributed by atoms with Gasteiger partial charge in [0.15, 0.2) is 0 Å². The molecule has 1 saturated heterocycles. The van der Waals surface area contributed by atoms with E-state index in [0.717, 1.165) is 43.5 Å². The Kier molecular flexibility index (Phi) is 5.61. The van der Waals surface area contributed by atoms with Crippen molar-refractivity contribution < 1.29 is 19.0 Å². The van der Waals surface area contributed by atoms with Crippen LogP contribution in [-0.4, -0.2) is 39.9 Å². The molecule has 1 heterocycles. The lowest BCUT2D eigenvalue weighted by Gasteiger charge is -2.42. The molecule has 3 atom stereocenters. The minimum absolute atomic E-state index is 0.0820. The third kappa shape index (κ3) is 3.77. The summed E-state index contributed by atoms with van der Waals surface area (Å²) in [4.78, 5) is 11.9. The molecule has 0 aromatic heterocycles. The Bertz CT molecular complexity index is 896. The molecule has 0 bridgehead atoms. The quantitative estimate of drug-likeness (QED) is 0.783. The first-order chi connectivity index (χ1) is 14.1. The van der Waals surface area contributed by atoms with Gasteiger partial charge in [0, 0.05) is 18.6 Å². The SMILES string of the molecule is COC(=O)c1cccc(CC2CC3(CCN2)Cc2ccc(OC)cc2C3OC)c1. The summed E-state index contributed by atoms with van der Waals surface area (Å²) in [6.45, 7) is 0.965. The molecule has 0 saturated carbocycles. The molecular weight excluding hydrogens is 366 g/mol. The maximum absolute atomic E-state index is 11.9. The second-order valence-corrected chi connectivity index (χ2v) is 8.22. The Morgan fingerprint density at radius 3 is 2.79 bits per heavy atom. The van der Waals surface area contributed by atoms with Crippen LogP contribution in [0, 0.1) is 5.41 Å². The average Bonchev–Trinajstić information content (AvgIpc) is 3.04. The maximum atomic E-state index is 11.9. The molecule has 3 unspecified atom stereocenters. The third-order valence-electron chi connectivity index (χ3n) is 6.51. The van der Waals surface area contributed by atoms with E-state index in [9.17, 15) is 4.79 Å². The second kappa shape index (κ2) is 8.17. The molecule has 1 aliphatic carbocycles. The highest BCUT2D eigenvalue weighted by Gasteiger charge is 2.49. The van der Waals surface area contributed by atoms with E-state index in [4.69, 9.17) is 14.2 Å². The number of fused-ring (bicyclic) bond motifs is 1. The molecule has 5 heteroatoms. The van der Waals surface area contributed by atoms with Gasteiger partial charge in [-0.3, -0.25) is 0 Å². The van der Waals surface area contributed by atoms with Crippen LogP contribution in [-0.2, 0) is 22.3 Å². The molecule has 0 radical (unpaired) electrons. The summed E-state index contributed by atoms with van der Waals surface area (Å²) in [5, 5.41) is 3.68. The van der Waals surface area contributed by atoms with E-state index in [-0.39, 0.29) is 17.5 Å². The molecule has 1 spiro atoms. The fraction of sp³-hybridized carbons (Fsp3) is 0.458. The van der Waals surface area contributed by atoms with Gasteiger partial charge in [0.25, 0.3) is 0 Å². The van der Waals surface area contributed by atoms with Gasteiger partial charge in [0.2, 0.25) is 0 Å². The second-order valence-electron chi connectivity index (χ2n) is 8.22. The van der Waals surface area contributed by atoms with Crippen molar-refractivity contribution in [3.05, 3.63) is 64.7 Å². The predicted octanol–water partition coefficient (Wildman–Crippen LogP) is 3.71. The zero-order valence-corrected chi connectivity index (χ0v) is 17.4. The normalized spacial score (nSPS) is 25.6. The highest BCUT2D eigenvalue weighted by molar-refractivity contribution is 5.89. The topological polar surface area (TPSA) is 56.8 Å². The Morgan fingerprint density at radius 1 is 1.17 bits per heavy atom. The first-order valence-electron chi connectivity index (χ1n) is 10.2. The van der Waals surface area contributed by atoms with E-state index in [2.05, 4.69) is 23.5 Å². The summed E-state index contributed by atoms with van der Waals surface area (Å²) < 4.78 is 16.4. The van der Waals surface area contributed by atoms with E-state index in [0.29, 0.717) is 11.6 Å². The van der Waals surface area contributed by atoms with Gasteiger partial charge in [-0.1, -0.05) is 18.2 Å². The van der Waals surface area contributed by atoms with Crippen molar-refractivity contribution in [1.29, 1.82) is 0 Å². The van der Waals surface area contributed by atoms with E-state index in [1.165, 1.54) is 18.2 Å². The third-order valence-corrected chi connectivity index (χ3v) is 6.51. The van der Waals surface area contributed by atoms with Crippen LogP contribution >= 0.6 is 0 Å². The van der Waals surface area contributed by atoms with Crippen molar-refractivity contribution in [1.82, 2.24) is 5.32 Å².